The van der Waals surface area contributed by atoms with Gasteiger partial charge < -0.3 is 10.4 Å². The molecule has 0 saturated heterocycles. The third kappa shape index (κ3) is 4.47. The number of aliphatic hydroxyl groups is 1. The van der Waals surface area contributed by atoms with Crippen molar-refractivity contribution in [1.29, 1.82) is 0 Å². The predicted molar refractivity (Wildman–Crippen MR) is 90.8 cm³/mol. The summed E-state index contributed by atoms with van der Waals surface area (Å²) in [6.07, 6.45) is -5.05. The number of carbonyl (C=O) groups excluding carboxylic acids is 1. The third-order valence-electron chi connectivity index (χ3n) is 3.70. The number of anilines is 1. The summed E-state index contributed by atoms with van der Waals surface area (Å²) in [4.78, 5) is 12.1. The van der Waals surface area contributed by atoms with Crippen LogP contribution in [0.4, 0.5) is 23.2 Å². The average Bonchev–Trinajstić information content (AvgIpc) is 2.52. The molecule has 0 aliphatic rings. The van der Waals surface area contributed by atoms with Crippen LogP contribution >= 0.6 is 23.2 Å². The van der Waals surface area contributed by atoms with Crippen molar-refractivity contribution in [3.63, 3.8) is 0 Å². The van der Waals surface area contributed by atoms with Crippen LogP contribution in [0.3, 0.4) is 0 Å². The molecule has 2 rings (SSSR count). The fourth-order valence-electron chi connectivity index (χ4n) is 2.11. The van der Waals surface area contributed by atoms with Crippen LogP contribution < -0.4 is 5.32 Å². The molecule has 0 aliphatic carbocycles. The molecule has 0 radical (unpaired) electrons. The largest absolute Gasteiger partial charge is 0.421 e. The second-order valence-electron chi connectivity index (χ2n) is 5.74. The maximum atomic E-state index is 12.9. The van der Waals surface area contributed by atoms with Gasteiger partial charge >= 0.3 is 6.18 Å². The van der Waals surface area contributed by atoms with Gasteiger partial charge in [0.2, 0.25) is 5.91 Å². The van der Waals surface area contributed by atoms with Gasteiger partial charge in [0.25, 0.3) is 0 Å². The SMILES string of the molecule is CC(O)(c1cc(Cl)c(NC(=O)Cc2ccc(F)cc2)c(Cl)c1)C(F)(F)F. The topological polar surface area (TPSA) is 49.3 Å². The Morgan fingerprint density at radius 3 is 2.08 bits per heavy atom. The van der Waals surface area contributed by atoms with Crippen LogP contribution in [0.15, 0.2) is 36.4 Å². The molecular formula is C17H13Cl2F4NO2. The van der Waals surface area contributed by atoms with Crippen molar-refractivity contribution in [3.8, 4) is 0 Å². The number of amides is 1. The third-order valence-corrected chi connectivity index (χ3v) is 4.29. The second-order valence-corrected chi connectivity index (χ2v) is 6.55. The zero-order valence-electron chi connectivity index (χ0n) is 13.3. The Morgan fingerprint density at radius 2 is 1.62 bits per heavy atom. The lowest BCUT2D eigenvalue weighted by molar-refractivity contribution is -0.258. The number of benzene rings is 2. The Balaban J connectivity index is 2.23. The maximum Gasteiger partial charge on any atom is 0.421 e. The fourth-order valence-corrected chi connectivity index (χ4v) is 2.69. The molecule has 2 aromatic carbocycles. The van der Waals surface area contributed by atoms with Gasteiger partial charge in [0.05, 0.1) is 22.2 Å². The summed E-state index contributed by atoms with van der Waals surface area (Å²) >= 11 is 11.9. The Kier molecular flexibility index (Phi) is 5.85. The Bertz CT molecular complexity index is 797. The Hall–Kier alpha value is -1.83. The molecule has 0 aliphatic heterocycles. The van der Waals surface area contributed by atoms with Crippen LogP contribution in [0, 0.1) is 5.82 Å². The van der Waals surface area contributed by atoms with Crippen LogP contribution in [0.5, 0.6) is 0 Å². The number of hydrogen-bond donors (Lipinski definition) is 2. The number of carbonyl (C=O) groups is 1. The number of halogens is 6. The molecule has 3 nitrogen and oxygen atoms in total. The molecule has 0 fully saturated rings. The highest BCUT2D eigenvalue weighted by Crippen LogP contribution is 2.42. The van der Waals surface area contributed by atoms with E-state index in [-0.39, 0.29) is 22.2 Å². The standard InChI is InChI=1S/C17H13Cl2F4NO2/c1-16(26,17(21,22)23)10-7-12(18)15(13(19)8-10)24-14(25)6-9-2-4-11(20)5-3-9/h2-5,7-8,26H,6H2,1H3,(H,24,25). The van der Waals surface area contributed by atoms with Crippen molar-refractivity contribution in [2.75, 3.05) is 5.32 Å². The van der Waals surface area contributed by atoms with Crippen molar-refractivity contribution >= 4 is 34.8 Å². The summed E-state index contributed by atoms with van der Waals surface area (Å²) in [6.45, 7) is 0.571. The number of hydrogen-bond acceptors (Lipinski definition) is 2. The van der Waals surface area contributed by atoms with Crippen molar-refractivity contribution in [2.24, 2.45) is 0 Å². The molecule has 0 heterocycles. The molecule has 26 heavy (non-hydrogen) atoms. The van der Waals surface area contributed by atoms with Gasteiger partial charge in [0.15, 0.2) is 5.60 Å². The quantitative estimate of drug-likeness (QED) is 0.691. The van der Waals surface area contributed by atoms with E-state index in [4.69, 9.17) is 23.2 Å². The highest BCUT2D eigenvalue weighted by atomic mass is 35.5. The molecular weight excluding hydrogens is 397 g/mol. The summed E-state index contributed by atoms with van der Waals surface area (Å²) in [7, 11) is 0. The summed E-state index contributed by atoms with van der Waals surface area (Å²) in [5.41, 5.74) is -3.27. The molecule has 0 saturated carbocycles. The molecule has 1 unspecified atom stereocenters. The lowest BCUT2D eigenvalue weighted by Gasteiger charge is -2.27. The Labute approximate surface area is 156 Å². The minimum Gasteiger partial charge on any atom is -0.376 e. The predicted octanol–water partition coefficient (Wildman–Crippen LogP) is 5.08. The van der Waals surface area contributed by atoms with E-state index in [1.807, 2.05) is 0 Å². The highest BCUT2D eigenvalue weighted by molar-refractivity contribution is 6.39. The van der Waals surface area contributed by atoms with E-state index >= 15 is 0 Å². The molecule has 0 spiro atoms. The zero-order valence-corrected chi connectivity index (χ0v) is 14.8. The molecule has 140 valence electrons. The van der Waals surface area contributed by atoms with E-state index in [9.17, 15) is 27.5 Å². The minimum atomic E-state index is -4.94. The van der Waals surface area contributed by atoms with Crippen LogP contribution in [-0.2, 0) is 16.8 Å². The fraction of sp³-hybridized carbons (Fsp3) is 0.235. The van der Waals surface area contributed by atoms with Crippen LogP contribution in [0.1, 0.15) is 18.1 Å². The minimum absolute atomic E-state index is 0.0813. The van der Waals surface area contributed by atoms with Crippen molar-refractivity contribution in [3.05, 3.63) is 63.4 Å². The Morgan fingerprint density at radius 1 is 1.12 bits per heavy atom. The van der Waals surface area contributed by atoms with E-state index < -0.39 is 29.1 Å². The monoisotopic (exact) mass is 409 g/mol. The first-order chi connectivity index (χ1) is 11.9. The molecule has 1 atom stereocenters. The first-order valence-electron chi connectivity index (χ1n) is 7.24. The van der Waals surface area contributed by atoms with Gasteiger partial charge in [-0.2, -0.15) is 13.2 Å². The first kappa shape index (κ1) is 20.5. The number of alkyl halides is 3. The summed E-state index contributed by atoms with van der Waals surface area (Å²) in [5, 5.41) is 11.6. The van der Waals surface area contributed by atoms with Gasteiger partial charge in [-0.15, -0.1) is 0 Å². The molecule has 2 N–H and O–H groups in total. The number of nitrogens with one attached hydrogen (secondary N) is 1. The van der Waals surface area contributed by atoms with Gasteiger partial charge in [-0.3, -0.25) is 4.79 Å². The summed E-state index contributed by atoms with van der Waals surface area (Å²) in [5.74, 6) is -0.997. The van der Waals surface area contributed by atoms with E-state index in [0.717, 1.165) is 12.1 Å². The van der Waals surface area contributed by atoms with Gasteiger partial charge in [0.1, 0.15) is 5.82 Å². The van der Waals surface area contributed by atoms with Gasteiger partial charge in [-0.1, -0.05) is 35.3 Å². The van der Waals surface area contributed by atoms with Crippen LogP contribution in [-0.4, -0.2) is 17.2 Å². The first-order valence-corrected chi connectivity index (χ1v) is 8.00. The average molecular weight is 410 g/mol. The van der Waals surface area contributed by atoms with E-state index in [0.29, 0.717) is 12.5 Å². The smallest absolute Gasteiger partial charge is 0.376 e. The zero-order chi connectivity index (χ0) is 19.7. The lowest BCUT2D eigenvalue weighted by Crippen LogP contribution is -2.39. The molecule has 0 bridgehead atoms. The molecule has 1 amide bonds. The van der Waals surface area contributed by atoms with Crippen molar-refractivity contribution in [1.82, 2.24) is 0 Å². The normalized spacial score (nSPS) is 14.0. The van der Waals surface area contributed by atoms with Gasteiger partial charge in [-0.25, -0.2) is 4.39 Å². The van der Waals surface area contributed by atoms with Crippen LogP contribution in [0.25, 0.3) is 0 Å². The van der Waals surface area contributed by atoms with E-state index in [1.165, 1.54) is 24.3 Å². The lowest BCUT2D eigenvalue weighted by atomic mass is 9.95. The number of rotatable bonds is 4. The molecule has 9 heteroatoms. The summed E-state index contributed by atoms with van der Waals surface area (Å²) < 4.78 is 51.7. The molecule has 2 aromatic rings. The van der Waals surface area contributed by atoms with Crippen molar-refractivity contribution in [2.45, 2.75) is 25.1 Å². The van der Waals surface area contributed by atoms with E-state index in [2.05, 4.69) is 5.32 Å². The van der Waals surface area contributed by atoms with Gasteiger partial charge in [-0.05, 0) is 42.3 Å². The van der Waals surface area contributed by atoms with Crippen molar-refractivity contribution < 1.29 is 27.5 Å². The van der Waals surface area contributed by atoms with E-state index in [1.54, 1.807) is 0 Å². The highest BCUT2D eigenvalue weighted by Gasteiger charge is 2.51. The summed E-state index contributed by atoms with van der Waals surface area (Å²) in [6, 6.07) is 6.99. The maximum absolute atomic E-state index is 12.9. The van der Waals surface area contributed by atoms with Gasteiger partial charge in [0, 0.05) is 0 Å². The van der Waals surface area contributed by atoms with Crippen LogP contribution in [0.2, 0.25) is 10.0 Å². The molecule has 0 aromatic heterocycles. The second kappa shape index (κ2) is 7.42.